The zero-order valence-corrected chi connectivity index (χ0v) is 11.1. The van der Waals surface area contributed by atoms with E-state index in [2.05, 4.69) is 0 Å². The predicted molar refractivity (Wildman–Crippen MR) is 61.2 cm³/mol. The Bertz CT molecular complexity index is 515. The summed E-state index contributed by atoms with van der Waals surface area (Å²) >= 11 is 0.781. The minimum Gasteiger partial charge on any atom is -0.396 e. The van der Waals surface area contributed by atoms with Crippen LogP contribution < -0.4 is 4.72 Å². The van der Waals surface area contributed by atoms with E-state index < -0.39 is 28.9 Å². The monoisotopic (exact) mass is 321 g/mol. The first kappa shape index (κ1) is 16.3. The highest BCUT2D eigenvalue weighted by atomic mass is 32.2. The van der Waals surface area contributed by atoms with Crippen LogP contribution in [0, 0.1) is 0 Å². The van der Waals surface area contributed by atoms with Crippen LogP contribution in [-0.2, 0) is 16.4 Å². The minimum atomic E-state index is -4.42. The van der Waals surface area contributed by atoms with E-state index in [1.807, 2.05) is 0 Å². The van der Waals surface area contributed by atoms with Gasteiger partial charge in [0, 0.05) is 17.9 Å². The Balaban J connectivity index is 2.75. The maximum absolute atomic E-state index is 12.6. The van der Waals surface area contributed by atoms with Crippen molar-refractivity contribution < 1.29 is 31.1 Å². The molecule has 0 aliphatic carbocycles. The van der Waals surface area contributed by atoms with Crippen LogP contribution in [-0.4, -0.2) is 39.0 Å². The molecule has 0 saturated heterocycles. The largest absolute Gasteiger partial charge is 0.396 e. The van der Waals surface area contributed by atoms with Gasteiger partial charge >= 0.3 is 12.3 Å². The van der Waals surface area contributed by atoms with Gasteiger partial charge in [-0.15, -0.1) is 11.3 Å². The molecule has 0 fully saturated rings. The van der Waals surface area contributed by atoms with Gasteiger partial charge in [0.25, 0.3) is 0 Å². The number of aliphatic hydroxyl groups is 1. The molecule has 0 bridgehead atoms. The summed E-state index contributed by atoms with van der Waals surface area (Å²) in [7, 11) is -4.25. The van der Waals surface area contributed by atoms with Crippen molar-refractivity contribution in [2.75, 3.05) is 13.2 Å². The second kappa shape index (κ2) is 6.16. The highest BCUT2D eigenvalue weighted by Crippen LogP contribution is 2.25. The lowest BCUT2D eigenvalue weighted by molar-refractivity contribution is -0.122. The van der Waals surface area contributed by atoms with Crippen LogP contribution >= 0.6 is 11.3 Å². The summed E-state index contributed by atoms with van der Waals surface area (Å²) in [5.41, 5.74) is 0. The lowest BCUT2D eigenvalue weighted by Crippen LogP contribution is -2.41. The SMILES string of the molecule is O=S(=O)(NCC(F)(F)C(F)F)c1ccc(CCO)s1. The van der Waals surface area contributed by atoms with Crippen LogP contribution in [0.2, 0.25) is 0 Å². The topological polar surface area (TPSA) is 66.4 Å². The van der Waals surface area contributed by atoms with E-state index in [9.17, 15) is 26.0 Å². The normalized spacial score (nSPS) is 13.2. The molecule has 110 valence electrons. The van der Waals surface area contributed by atoms with E-state index in [0.717, 1.165) is 11.3 Å². The number of hydrogen-bond acceptors (Lipinski definition) is 4. The fraction of sp³-hybridized carbons (Fsp3) is 0.556. The summed E-state index contributed by atoms with van der Waals surface area (Å²) < 4.78 is 73.3. The molecular formula is C9H11F4NO3S2. The van der Waals surface area contributed by atoms with Crippen LogP contribution in [0.15, 0.2) is 16.3 Å². The van der Waals surface area contributed by atoms with Crippen molar-refractivity contribution in [3.05, 3.63) is 17.0 Å². The van der Waals surface area contributed by atoms with E-state index in [1.165, 1.54) is 16.9 Å². The van der Waals surface area contributed by atoms with E-state index in [4.69, 9.17) is 5.11 Å². The van der Waals surface area contributed by atoms with Crippen molar-refractivity contribution in [3.63, 3.8) is 0 Å². The summed E-state index contributed by atoms with van der Waals surface area (Å²) in [6, 6.07) is 2.58. The van der Waals surface area contributed by atoms with Crippen LogP contribution in [0.25, 0.3) is 0 Å². The molecule has 1 rings (SSSR count). The van der Waals surface area contributed by atoms with Crippen LogP contribution in [0.4, 0.5) is 17.6 Å². The number of nitrogens with one attached hydrogen (secondary N) is 1. The highest BCUT2D eigenvalue weighted by Gasteiger charge is 2.41. The molecule has 0 aromatic carbocycles. The molecular weight excluding hydrogens is 310 g/mol. The van der Waals surface area contributed by atoms with Gasteiger partial charge in [-0.3, -0.25) is 0 Å². The summed E-state index contributed by atoms with van der Waals surface area (Å²) in [4.78, 5) is 0.545. The maximum Gasteiger partial charge on any atom is 0.320 e. The average molecular weight is 321 g/mol. The second-order valence-corrected chi connectivity index (χ2v) is 6.74. The third kappa shape index (κ3) is 4.41. The number of aliphatic hydroxyl groups excluding tert-OH is 1. The molecule has 1 aromatic heterocycles. The summed E-state index contributed by atoms with van der Waals surface area (Å²) in [6.45, 7) is -1.85. The zero-order valence-electron chi connectivity index (χ0n) is 9.45. The molecule has 2 N–H and O–H groups in total. The van der Waals surface area contributed by atoms with Gasteiger partial charge in [-0.2, -0.15) is 8.78 Å². The fourth-order valence-corrected chi connectivity index (χ4v) is 3.52. The molecule has 0 unspecified atom stereocenters. The lowest BCUT2D eigenvalue weighted by atomic mass is 10.4. The molecule has 19 heavy (non-hydrogen) atoms. The molecule has 1 heterocycles. The van der Waals surface area contributed by atoms with Gasteiger partial charge in [0.15, 0.2) is 0 Å². The number of hydrogen-bond donors (Lipinski definition) is 2. The lowest BCUT2D eigenvalue weighted by Gasteiger charge is -2.15. The highest BCUT2D eigenvalue weighted by molar-refractivity contribution is 7.91. The third-order valence-corrected chi connectivity index (χ3v) is 5.12. The Morgan fingerprint density at radius 2 is 2.00 bits per heavy atom. The van der Waals surface area contributed by atoms with Crippen molar-refractivity contribution in [3.8, 4) is 0 Å². The first-order valence-corrected chi connectivity index (χ1v) is 7.34. The first-order valence-electron chi connectivity index (χ1n) is 5.04. The molecule has 0 radical (unpaired) electrons. The van der Waals surface area contributed by atoms with Gasteiger partial charge in [-0.1, -0.05) is 0 Å². The Hall–Kier alpha value is -0.710. The van der Waals surface area contributed by atoms with Gasteiger partial charge in [-0.25, -0.2) is 21.9 Å². The van der Waals surface area contributed by atoms with Crippen molar-refractivity contribution in [2.45, 2.75) is 23.0 Å². The van der Waals surface area contributed by atoms with E-state index in [-0.39, 0.29) is 17.2 Å². The van der Waals surface area contributed by atoms with Crippen LogP contribution in [0.1, 0.15) is 4.88 Å². The van der Waals surface area contributed by atoms with Crippen LogP contribution in [0.5, 0.6) is 0 Å². The van der Waals surface area contributed by atoms with E-state index >= 15 is 0 Å². The molecule has 0 spiro atoms. The molecule has 0 saturated carbocycles. The predicted octanol–water partition coefficient (Wildman–Crippen LogP) is 1.46. The molecule has 1 aromatic rings. The molecule has 0 aliphatic heterocycles. The molecule has 4 nitrogen and oxygen atoms in total. The number of thiophene rings is 1. The quantitative estimate of drug-likeness (QED) is 0.747. The Kier molecular flexibility index (Phi) is 5.30. The summed E-state index contributed by atoms with van der Waals surface area (Å²) in [5, 5.41) is 8.66. The summed E-state index contributed by atoms with van der Waals surface area (Å²) in [6.07, 6.45) is -3.71. The Labute approximate surface area is 111 Å². The number of halogens is 4. The molecule has 0 atom stereocenters. The standard InChI is InChI=1S/C9H11F4NO3S2/c10-8(11)9(12,13)5-14-19(16,17)7-2-1-6(18-7)3-4-15/h1-2,8,14-15H,3-5H2. The number of alkyl halides is 4. The van der Waals surface area contributed by atoms with Crippen molar-refractivity contribution in [2.24, 2.45) is 0 Å². The van der Waals surface area contributed by atoms with Gasteiger partial charge in [0.1, 0.15) is 4.21 Å². The summed E-state index contributed by atoms with van der Waals surface area (Å²) in [5.74, 6) is -4.42. The van der Waals surface area contributed by atoms with E-state index in [1.54, 1.807) is 0 Å². The number of sulfonamides is 1. The number of rotatable bonds is 7. The van der Waals surface area contributed by atoms with Crippen molar-refractivity contribution in [1.82, 2.24) is 4.72 Å². The first-order chi connectivity index (χ1) is 8.69. The molecule has 0 aliphatic rings. The molecule has 0 amide bonds. The third-order valence-electron chi connectivity index (χ3n) is 2.08. The zero-order chi connectivity index (χ0) is 14.7. The van der Waals surface area contributed by atoms with Gasteiger partial charge in [0.05, 0.1) is 6.54 Å². The van der Waals surface area contributed by atoms with Gasteiger partial charge in [-0.05, 0) is 12.1 Å². The Morgan fingerprint density at radius 1 is 1.37 bits per heavy atom. The van der Waals surface area contributed by atoms with Gasteiger partial charge < -0.3 is 5.11 Å². The Morgan fingerprint density at radius 3 is 2.53 bits per heavy atom. The minimum absolute atomic E-state index is 0.184. The van der Waals surface area contributed by atoms with E-state index in [0.29, 0.717) is 4.88 Å². The van der Waals surface area contributed by atoms with Crippen molar-refractivity contribution >= 4 is 21.4 Å². The van der Waals surface area contributed by atoms with Crippen LogP contribution in [0.3, 0.4) is 0 Å². The maximum atomic E-state index is 12.6. The fourth-order valence-electron chi connectivity index (χ4n) is 1.09. The van der Waals surface area contributed by atoms with Gasteiger partial charge in [0.2, 0.25) is 10.0 Å². The average Bonchev–Trinajstić information content (AvgIpc) is 2.76. The van der Waals surface area contributed by atoms with Crippen molar-refractivity contribution in [1.29, 1.82) is 0 Å². The molecule has 10 heteroatoms. The smallest absolute Gasteiger partial charge is 0.320 e. The second-order valence-electron chi connectivity index (χ2n) is 3.58.